The summed E-state index contributed by atoms with van der Waals surface area (Å²) in [6.07, 6.45) is 0.846. The van der Waals surface area contributed by atoms with Gasteiger partial charge in [0.05, 0.1) is 18.5 Å². The third-order valence-electron chi connectivity index (χ3n) is 5.17. The third kappa shape index (κ3) is 4.80. The Morgan fingerprint density at radius 2 is 1.79 bits per heavy atom. The molecule has 1 heterocycles. The number of benzene rings is 2. The second-order valence-electron chi connectivity index (χ2n) is 7.13. The number of carbonyl (C=O) groups is 3. The predicted molar refractivity (Wildman–Crippen MR) is 122 cm³/mol. The molecule has 29 heavy (non-hydrogen) atoms. The van der Waals surface area contributed by atoms with Crippen LogP contribution in [-0.2, 0) is 20.8 Å². The van der Waals surface area contributed by atoms with Crippen LogP contribution >= 0.6 is 34.2 Å². The van der Waals surface area contributed by atoms with Crippen LogP contribution < -0.4 is 4.90 Å². The molecule has 152 valence electrons. The first-order chi connectivity index (χ1) is 13.8. The predicted octanol–water partition coefficient (Wildman–Crippen LogP) is 4.45. The third-order valence-corrected chi connectivity index (χ3v) is 6.14. The molecule has 0 aliphatic carbocycles. The molecular formula is C22H22ClIN2O3. The zero-order valence-electron chi connectivity index (χ0n) is 16.3. The van der Waals surface area contributed by atoms with Crippen molar-refractivity contribution >= 4 is 57.6 Å². The molecule has 0 bridgehead atoms. The molecule has 0 aromatic heterocycles. The van der Waals surface area contributed by atoms with E-state index in [0.29, 0.717) is 17.1 Å². The van der Waals surface area contributed by atoms with Gasteiger partial charge in [-0.3, -0.25) is 14.4 Å². The molecule has 3 rings (SSSR count). The smallest absolute Gasteiger partial charge is 0.257 e. The number of hydrogen-bond acceptors (Lipinski definition) is 3. The molecule has 0 N–H and O–H groups in total. The van der Waals surface area contributed by atoms with E-state index in [-0.39, 0.29) is 36.6 Å². The number of imide groups is 1. The number of amides is 3. The van der Waals surface area contributed by atoms with Gasteiger partial charge in [0.1, 0.15) is 6.04 Å². The zero-order chi connectivity index (χ0) is 21.1. The highest BCUT2D eigenvalue weighted by atomic mass is 127. The van der Waals surface area contributed by atoms with Crippen LogP contribution in [0.25, 0.3) is 0 Å². The summed E-state index contributed by atoms with van der Waals surface area (Å²) in [5, 5.41) is 0.602. The Morgan fingerprint density at radius 1 is 1.17 bits per heavy atom. The lowest BCUT2D eigenvalue weighted by atomic mass is 10.1. The van der Waals surface area contributed by atoms with Crippen LogP contribution in [0.1, 0.15) is 32.3 Å². The second kappa shape index (κ2) is 9.26. The molecule has 2 aromatic carbocycles. The van der Waals surface area contributed by atoms with Gasteiger partial charge in [0.15, 0.2) is 0 Å². The molecule has 0 saturated carbocycles. The zero-order valence-corrected chi connectivity index (χ0v) is 19.2. The van der Waals surface area contributed by atoms with E-state index < -0.39 is 6.04 Å². The van der Waals surface area contributed by atoms with Gasteiger partial charge in [-0.2, -0.15) is 0 Å². The van der Waals surface area contributed by atoms with Crippen molar-refractivity contribution in [2.75, 3.05) is 4.90 Å². The minimum atomic E-state index is -0.781. The first-order valence-electron chi connectivity index (χ1n) is 9.49. The highest BCUT2D eigenvalue weighted by molar-refractivity contribution is 14.1. The Balaban J connectivity index is 1.85. The molecular weight excluding hydrogens is 503 g/mol. The van der Waals surface area contributed by atoms with Gasteiger partial charge in [-0.05, 0) is 77.9 Å². The molecule has 0 radical (unpaired) electrons. The summed E-state index contributed by atoms with van der Waals surface area (Å²) in [6.45, 7) is 3.87. The fourth-order valence-electron chi connectivity index (χ4n) is 3.49. The number of rotatable bonds is 6. The van der Waals surface area contributed by atoms with Crippen molar-refractivity contribution in [2.45, 2.75) is 45.2 Å². The standard InChI is InChI=1S/C22H22ClIN2O3/c1-3-14(2)25(20(27)12-15-4-6-16(23)7-5-15)19-13-21(28)26(22(19)29)18-10-8-17(24)9-11-18/h4-11,14,19H,3,12-13H2,1-2H3. The second-order valence-corrected chi connectivity index (χ2v) is 8.81. The van der Waals surface area contributed by atoms with Gasteiger partial charge >= 0.3 is 0 Å². The van der Waals surface area contributed by atoms with Crippen molar-refractivity contribution in [3.8, 4) is 0 Å². The maximum absolute atomic E-state index is 13.2. The molecule has 1 aliphatic rings. The SMILES string of the molecule is CCC(C)N(C(=O)Cc1ccc(Cl)cc1)C1CC(=O)N(c2ccc(I)cc2)C1=O. The average Bonchev–Trinajstić information content (AvgIpc) is 2.98. The molecule has 0 spiro atoms. The van der Waals surface area contributed by atoms with Crippen LogP contribution in [0.4, 0.5) is 5.69 Å². The lowest BCUT2D eigenvalue weighted by Crippen LogP contribution is -2.50. The fourth-order valence-corrected chi connectivity index (χ4v) is 3.97. The summed E-state index contributed by atoms with van der Waals surface area (Å²) in [5.41, 5.74) is 1.36. The van der Waals surface area contributed by atoms with Gasteiger partial charge in [0.25, 0.3) is 5.91 Å². The molecule has 5 nitrogen and oxygen atoms in total. The summed E-state index contributed by atoms with van der Waals surface area (Å²) in [7, 11) is 0. The van der Waals surface area contributed by atoms with Gasteiger partial charge in [-0.25, -0.2) is 4.90 Å². The van der Waals surface area contributed by atoms with Crippen LogP contribution in [0, 0.1) is 3.57 Å². The summed E-state index contributed by atoms with van der Waals surface area (Å²) in [4.78, 5) is 41.7. The van der Waals surface area contributed by atoms with Crippen LogP contribution in [0.15, 0.2) is 48.5 Å². The molecule has 2 aromatic rings. The van der Waals surface area contributed by atoms with Gasteiger partial charge < -0.3 is 4.90 Å². The molecule has 1 aliphatic heterocycles. The number of hydrogen-bond donors (Lipinski definition) is 0. The lowest BCUT2D eigenvalue weighted by Gasteiger charge is -2.33. The van der Waals surface area contributed by atoms with E-state index in [1.807, 2.05) is 26.0 Å². The molecule has 1 fully saturated rings. The molecule has 7 heteroatoms. The Hall–Kier alpha value is -1.93. The fraction of sp³-hybridized carbons (Fsp3) is 0.318. The Bertz CT molecular complexity index is 915. The highest BCUT2D eigenvalue weighted by Gasteiger charge is 2.45. The first-order valence-corrected chi connectivity index (χ1v) is 11.0. The van der Waals surface area contributed by atoms with Crippen LogP contribution in [0.2, 0.25) is 5.02 Å². The minimum absolute atomic E-state index is 0.00151. The number of anilines is 1. The van der Waals surface area contributed by atoms with Gasteiger partial charge in [0, 0.05) is 14.6 Å². The van der Waals surface area contributed by atoms with Crippen molar-refractivity contribution in [3.05, 3.63) is 62.7 Å². The normalized spacial score (nSPS) is 17.5. The van der Waals surface area contributed by atoms with Crippen molar-refractivity contribution in [1.29, 1.82) is 0 Å². The Morgan fingerprint density at radius 3 is 2.38 bits per heavy atom. The van der Waals surface area contributed by atoms with Crippen LogP contribution in [0.3, 0.4) is 0 Å². The Kier molecular flexibility index (Phi) is 6.95. The van der Waals surface area contributed by atoms with Gasteiger partial charge in [-0.1, -0.05) is 30.7 Å². The van der Waals surface area contributed by atoms with E-state index in [1.165, 1.54) is 4.90 Å². The molecule has 2 unspecified atom stereocenters. The number of carbonyl (C=O) groups excluding carboxylic acids is 3. The maximum Gasteiger partial charge on any atom is 0.257 e. The number of nitrogens with zero attached hydrogens (tertiary/aromatic N) is 2. The molecule has 1 saturated heterocycles. The van der Waals surface area contributed by atoms with E-state index in [0.717, 1.165) is 9.13 Å². The summed E-state index contributed by atoms with van der Waals surface area (Å²) in [6, 6.07) is 13.3. The van der Waals surface area contributed by atoms with Crippen molar-refractivity contribution in [1.82, 2.24) is 4.90 Å². The maximum atomic E-state index is 13.2. The van der Waals surface area contributed by atoms with E-state index in [1.54, 1.807) is 41.3 Å². The van der Waals surface area contributed by atoms with E-state index in [4.69, 9.17) is 11.6 Å². The Labute approximate surface area is 189 Å². The van der Waals surface area contributed by atoms with Crippen LogP contribution in [0.5, 0.6) is 0 Å². The summed E-state index contributed by atoms with van der Waals surface area (Å²) >= 11 is 8.09. The number of halogens is 2. The summed E-state index contributed by atoms with van der Waals surface area (Å²) < 4.78 is 1.02. The molecule has 3 amide bonds. The van der Waals surface area contributed by atoms with E-state index in [9.17, 15) is 14.4 Å². The quantitative estimate of drug-likeness (QED) is 0.415. The first kappa shape index (κ1) is 21.8. The van der Waals surface area contributed by atoms with Crippen molar-refractivity contribution < 1.29 is 14.4 Å². The monoisotopic (exact) mass is 524 g/mol. The average molecular weight is 525 g/mol. The van der Waals surface area contributed by atoms with Gasteiger partial charge in [-0.15, -0.1) is 0 Å². The molecule has 2 atom stereocenters. The summed E-state index contributed by atoms with van der Waals surface area (Å²) in [5.74, 6) is -0.799. The van der Waals surface area contributed by atoms with Crippen molar-refractivity contribution in [2.24, 2.45) is 0 Å². The highest BCUT2D eigenvalue weighted by Crippen LogP contribution is 2.28. The van der Waals surface area contributed by atoms with E-state index >= 15 is 0 Å². The van der Waals surface area contributed by atoms with E-state index in [2.05, 4.69) is 22.6 Å². The largest absolute Gasteiger partial charge is 0.327 e. The van der Waals surface area contributed by atoms with Crippen LogP contribution in [-0.4, -0.2) is 34.7 Å². The van der Waals surface area contributed by atoms with Crippen molar-refractivity contribution in [3.63, 3.8) is 0 Å². The van der Waals surface area contributed by atoms with Gasteiger partial charge in [0.2, 0.25) is 11.8 Å². The lowest BCUT2D eigenvalue weighted by molar-refractivity contribution is -0.140. The topological polar surface area (TPSA) is 57.7 Å². The minimum Gasteiger partial charge on any atom is -0.327 e.